The van der Waals surface area contributed by atoms with E-state index in [1.807, 2.05) is 26.0 Å². The minimum atomic E-state index is -4.55. The lowest BCUT2D eigenvalue weighted by Gasteiger charge is -2.23. The number of benzene rings is 2. The fourth-order valence-corrected chi connectivity index (χ4v) is 2.74. The number of rotatable bonds is 5. The van der Waals surface area contributed by atoms with Crippen molar-refractivity contribution in [1.82, 2.24) is 5.16 Å². The molecule has 7 heteroatoms. The van der Waals surface area contributed by atoms with Crippen LogP contribution in [0.2, 0.25) is 0 Å². The average Bonchev–Trinajstić information content (AvgIpc) is 3.16. The summed E-state index contributed by atoms with van der Waals surface area (Å²) in [6.45, 7) is 2.46. The Morgan fingerprint density at radius 3 is 2.29 bits per heavy atom. The number of carbonyl (C=O) groups excluding carboxylic acids is 1. The van der Waals surface area contributed by atoms with Gasteiger partial charge in [-0.3, -0.25) is 9.69 Å². The van der Waals surface area contributed by atoms with Crippen molar-refractivity contribution in [2.75, 3.05) is 11.4 Å². The van der Waals surface area contributed by atoms with Crippen LogP contribution in [0.1, 0.15) is 28.5 Å². The Morgan fingerprint density at radius 1 is 1.07 bits per heavy atom. The summed E-state index contributed by atoms with van der Waals surface area (Å²) >= 11 is 0. The van der Waals surface area contributed by atoms with Gasteiger partial charge in [0.1, 0.15) is 6.54 Å². The molecule has 0 aliphatic carbocycles. The molecule has 146 valence electrons. The van der Waals surface area contributed by atoms with E-state index in [1.54, 1.807) is 24.3 Å². The maximum Gasteiger partial charge on any atom is 0.406 e. The zero-order valence-corrected chi connectivity index (χ0v) is 15.5. The van der Waals surface area contributed by atoms with Crippen LogP contribution in [-0.2, 0) is 6.42 Å². The van der Waals surface area contributed by atoms with E-state index in [0.717, 1.165) is 17.5 Å². The molecule has 3 rings (SSSR count). The van der Waals surface area contributed by atoms with Gasteiger partial charge in [0.25, 0.3) is 5.91 Å². The highest BCUT2D eigenvalue weighted by molar-refractivity contribution is 6.05. The largest absolute Gasteiger partial charge is 0.406 e. The summed E-state index contributed by atoms with van der Waals surface area (Å²) in [7, 11) is 0. The van der Waals surface area contributed by atoms with E-state index in [4.69, 9.17) is 4.52 Å². The molecule has 1 amide bonds. The predicted octanol–water partition coefficient (Wildman–Crippen LogP) is 5.42. The third-order valence-electron chi connectivity index (χ3n) is 4.30. The number of anilines is 1. The second-order valence-electron chi connectivity index (χ2n) is 6.47. The second kappa shape index (κ2) is 7.88. The number of aryl methyl sites for hydroxylation is 2. The standard InChI is InChI=1S/C21H19F3N2O2/c1-3-15-6-10-17(11-7-15)26(13-21(22,23)24)20(27)18-12-19(28-25-18)16-8-4-14(2)5-9-16/h4-12H,3,13H2,1-2H3. The lowest BCUT2D eigenvalue weighted by atomic mass is 10.1. The van der Waals surface area contributed by atoms with E-state index in [0.29, 0.717) is 16.2 Å². The van der Waals surface area contributed by atoms with Crippen molar-refractivity contribution in [3.8, 4) is 11.3 Å². The van der Waals surface area contributed by atoms with Crippen LogP contribution in [0.15, 0.2) is 59.1 Å². The van der Waals surface area contributed by atoms with Gasteiger partial charge in [0.2, 0.25) is 0 Å². The summed E-state index contributed by atoms with van der Waals surface area (Å²) in [6.07, 6.45) is -3.81. The summed E-state index contributed by atoms with van der Waals surface area (Å²) in [5, 5.41) is 3.69. The van der Waals surface area contributed by atoms with Gasteiger partial charge in [-0.1, -0.05) is 54.0 Å². The van der Waals surface area contributed by atoms with Gasteiger partial charge < -0.3 is 4.52 Å². The minimum absolute atomic E-state index is 0.152. The first-order valence-electron chi connectivity index (χ1n) is 8.78. The Morgan fingerprint density at radius 2 is 1.71 bits per heavy atom. The molecule has 0 saturated carbocycles. The topological polar surface area (TPSA) is 46.3 Å². The van der Waals surface area contributed by atoms with E-state index >= 15 is 0 Å². The molecule has 0 spiro atoms. The van der Waals surface area contributed by atoms with E-state index < -0.39 is 18.6 Å². The van der Waals surface area contributed by atoms with Crippen molar-refractivity contribution >= 4 is 11.6 Å². The molecule has 28 heavy (non-hydrogen) atoms. The molecule has 0 fully saturated rings. The van der Waals surface area contributed by atoms with Crippen molar-refractivity contribution in [1.29, 1.82) is 0 Å². The number of carbonyl (C=O) groups is 1. The highest BCUT2D eigenvalue weighted by Crippen LogP contribution is 2.26. The van der Waals surface area contributed by atoms with Gasteiger partial charge in [0.15, 0.2) is 11.5 Å². The van der Waals surface area contributed by atoms with Gasteiger partial charge in [-0.05, 0) is 31.0 Å². The Balaban J connectivity index is 1.91. The molecule has 0 aliphatic heterocycles. The second-order valence-corrected chi connectivity index (χ2v) is 6.47. The van der Waals surface area contributed by atoms with Crippen LogP contribution in [0.4, 0.5) is 18.9 Å². The first-order valence-corrected chi connectivity index (χ1v) is 8.78. The summed E-state index contributed by atoms with van der Waals surface area (Å²) < 4.78 is 44.4. The zero-order valence-electron chi connectivity index (χ0n) is 15.5. The first kappa shape index (κ1) is 19.7. The maximum absolute atomic E-state index is 13.1. The quantitative estimate of drug-likeness (QED) is 0.586. The van der Waals surface area contributed by atoms with Gasteiger partial charge >= 0.3 is 6.18 Å². The monoisotopic (exact) mass is 388 g/mol. The number of nitrogens with zero attached hydrogens (tertiary/aromatic N) is 2. The van der Waals surface area contributed by atoms with Crippen LogP contribution in [0.25, 0.3) is 11.3 Å². The molecule has 0 N–H and O–H groups in total. The maximum atomic E-state index is 13.1. The molecule has 0 radical (unpaired) electrons. The average molecular weight is 388 g/mol. The van der Waals surface area contributed by atoms with Crippen LogP contribution in [0, 0.1) is 6.92 Å². The normalized spacial score (nSPS) is 11.5. The Bertz CT molecular complexity index is 945. The van der Waals surface area contributed by atoms with Crippen LogP contribution in [0.5, 0.6) is 0 Å². The molecule has 1 aromatic heterocycles. The molecule has 0 saturated heterocycles. The number of alkyl halides is 3. The van der Waals surface area contributed by atoms with Crippen LogP contribution >= 0.6 is 0 Å². The number of halogens is 3. The number of aromatic nitrogens is 1. The fraction of sp³-hybridized carbons (Fsp3) is 0.238. The third-order valence-corrected chi connectivity index (χ3v) is 4.30. The predicted molar refractivity (Wildman–Crippen MR) is 100 cm³/mol. The number of hydrogen-bond acceptors (Lipinski definition) is 3. The van der Waals surface area contributed by atoms with E-state index in [2.05, 4.69) is 5.16 Å². The Hall–Kier alpha value is -3.09. The summed E-state index contributed by atoms with van der Waals surface area (Å²) in [6, 6.07) is 15.1. The van der Waals surface area contributed by atoms with Crippen LogP contribution in [-0.4, -0.2) is 23.8 Å². The van der Waals surface area contributed by atoms with Crippen molar-refractivity contribution in [2.24, 2.45) is 0 Å². The summed E-state index contributed by atoms with van der Waals surface area (Å²) in [5.74, 6) is -0.555. The minimum Gasteiger partial charge on any atom is -0.355 e. The van der Waals surface area contributed by atoms with Crippen molar-refractivity contribution < 1.29 is 22.5 Å². The van der Waals surface area contributed by atoms with Crippen molar-refractivity contribution in [3.05, 3.63) is 71.4 Å². The third kappa shape index (κ3) is 4.60. The molecule has 2 aromatic carbocycles. The molecule has 3 aromatic rings. The Kier molecular flexibility index (Phi) is 5.53. The summed E-state index contributed by atoms with van der Waals surface area (Å²) in [5.41, 5.74) is 2.67. The summed E-state index contributed by atoms with van der Waals surface area (Å²) in [4.78, 5) is 13.4. The molecular formula is C21H19F3N2O2. The lowest BCUT2D eigenvalue weighted by Crippen LogP contribution is -2.39. The smallest absolute Gasteiger partial charge is 0.355 e. The van der Waals surface area contributed by atoms with Crippen molar-refractivity contribution in [2.45, 2.75) is 26.4 Å². The Labute approximate surface area is 160 Å². The van der Waals surface area contributed by atoms with E-state index in [-0.39, 0.29) is 11.4 Å². The highest BCUT2D eigenvalue weighted by atomic mass is 19.4. The molecule has 0 aliphatic rings. The molecule has 0 atom stereocenters. The molecule has 4 nitrogen and oxygen atoms in total. The number of amides is 1. The lowest BCUT2D eigenvalue weighted by molar-refractivity contribution is -0.118. The molecular weight excluding hydrogens is 369 g/mol. The number of hydrogen-bond donors (Lipinski definition) is 0. The van der Waals surface area contributed by atoms with Gasteiger partial charge in [0, 0.05) is 17.3 Å². The van der Waals surface area contributed by atoms with Gasteiger partial charge in [0.05, 0.1) is 0 Å². The first-order chi connectivity index (χ1) is 13.3. The molecule has 0 unspecified atom stereocenters. The molecule has 1 heterocycles. The van der Waals surface area contributed by atoms with Crippen molar-refractivity contribution in [3.63, 3.8) is 0 Å². The zero-order chi connectivity index (χ0) is 20.3. The van der Waals surface area contributed by atoms with Gasteiger partial charge in [-0.25, -0.2) is 0 Å². The van der Waals surface area contributed by atoms with E-state index in [9.17, 15) is 18.0 Å². The fourth-order valence-electron chi connectivity index (χ4n) is 2.74. The molecule has 0 bridgehead atoms. The SMILES string of the molecule is CCc1ccc(N(CC(F)(F)F)C(=O)c2cc(-c3ccc(C)cc3)on2)cc1. The van der Waals surface area contributed by atoms with Gasteiger partial charge in [-0.15, -0.1) is 0 Å². The van der Waals surface area contributed by atoms with E-state index in [1.165, 1.54) is 18.2 Å². The highest BCUT2D eigenvalue weighted by Gasteiger charge is 2.35. The van der Waals surface area contributed by atoms with Crippen LogP contribution in [0.3, 0.4) is 0 Å². The van der Waals surface area contributed by atoms with Gasteiger partial charge in [-0.2, -0.15) is 13.2 Å². The van der Waals surface area contributed by atoms with Crippen LogP contribution < -0.4 is 4.90 Å².